The standard InChI is InChI=1S/C12H9F3N2O2/c13-12(14,15)9-5-6-10(17-9)19-8-4-2-1-3-7(8)11(16)18/h1-6,17H,(H2,16,18). The fourth-order valence-electron chi connectivity index (χ4n) is 1.48. The Bertz CT molecular complexity index is 605. The van der Waals surface area contributed by atoms with Crippen LogP contribution >= 0.6 is 0 Å². The first-order valence-corrected chi connectivity index (χ1v) is 5.21. The molecule has 0 aliphatic carbocycles. The topological polar surface area (TPSA) is 68.1 Å². The molecular formula is C12H9F3N2O2. The van der Waals surface area contributed by atoms with E-state index in [-0.39, 0.29) is 17.2 Å². The molecule has 100 valence electrons. The van der Waals surface area contributed by atoms with Gasteiger partial charge in [-0.2, -0.15) is 13.2 Å². The van der Waals surface area contributed by atoms with Crippen molar-refractivity contribution in [1.29, 1.82) is 0 Å². The van der Waals surface area contributed by atoms with Gasteiger partial charge < -0.3 is 15.5 Å². The normalized spacial score (nSPS) is 11.3. The molecule has 0 aliphatic rings. The lowest BCUT2D eigenvalue weighted by molar-refractivity contribution is -0.140. The van der Waals surface area contributed by atoms with Crippen LogP contribution in [0.4, 0.5) is 13.2 Å². The quantitative estimate of drug-likeness (QED) is 0.900. The third-order valence-electron chi connectivity index (χ3n) is 2.34. The van der Waals surface area contributed by atoms with Crippen molar-refractivity contribution in [2.45, 2.75) is 6.18 Å². The van der Waals surface area contributed by atoms with Gasteiger partial charge in [0, 0.05) is 6.07 Å². The third-order valence-corrected chi connectivity index (χ3v) is 2.34. The molecule has 4 nitrogen and oxygen atoms in total. The Balaban J connectivity index is 2.27. The molecule has 0 spiro atoms. The SMILES string of the molecule is NC(=O)c1ccccc1Oc1ccc(C(F)(F)F)[nH]1. The number of carbonyl (C=O) groups is 1. The van der Waals surface area contributed by atoms with E-state index in [2.05, 4.69) is 4.98 Å². The van der Waals surface area contributed by atoms with E-state index in [0.29, 0.717) is 0 Å². The Morgan fingerprint density at radius 1 is 1.16 bits per heavy atom. The summed E-state index contributed by atoms with van der Waals surface area (Å²) in [4.78, 5) is 13.2. The van der Waals surface area contributed by atoms with Crippen LogP contribution in [-0.4, -0.2) is 10.9 Å². The first-order valence-electron chi connectivity index (χ1n) is 5.21. The van der Waals surface area contributed by atoms with Crippen LogP contribution in [0, 0.1) is 0 Å². The van der Waals surface area contributed by atoms with Crippen LogP contribution in [0.3, 0.4) is 0 Å². The van der Waals surface area contributed by atoms with Crippen molar-refractivity contribution in [1.82, 2.24) is 4.98 Å². The molecule has 0 radical (unpaired) electrons. The van der Waals surface area contributed by atoms with Crippen LogP contribution in [0.5, 0.6) is 11.6 Å². The number of aromatic nitrogens is 1. The molecule has 0 unspecified atom stereocenters. The second kappa shape index (κ2) is 4.68. The zero-order valence-corrected chi connectivity index (χ0v) is 9.49. The summed E-state index contributed by atoms with van der Waals surface area (Å²) in [5.74, 6) is -0.759. The summed E-state index contributed by atoms with van der Waals surface area (Å²) < 4.78 is 42.3. The molecule has 0 atom stereocenters. The van der Waals surface area contributed by atoms with E-state index in [1.807, 2.05) is 0 Å². The van der Waals surface area contributed by atoms with Crippen molar-refractivity contribution < 1.29 is 22.7 Å². The van der Waals surface area contributed by atoms with Crippen LogP contribution in [0.1, 0.15) is 16.1 Å². The van der Waals surface area contributed by atoms with Crippen LogP contribution < -0.4 is 10.5 Å². The third kappa shape index (κ3) is 2.87. The first-order chi connectivity index (χ1) is 8.88. The Hall–Kier alpha value is -2.44. The number of alkyl halides is 3. The molecule has 7 heteroatoms. The molecule has 2 rings (SSSR count). The zero-order valence-electron chi connectivity index (χ0n) is 9.49. The lowest BCUT2D eigenvalue weighted by Crippen LogP contribution is -2.12. The van der Waals surface area contributed by atoms with Crippen LogP contribution in [0.15, 0.2) is 36.4 Å². The highest BCUT2D eigenvalue weighted by molar-refractivity contribution is 5.95. The lowest BCUT2D eigenvalue weighted by atomic mass is 10.2. The van der Waals surface area contributed by atoms with Crippen molar-refractivity contribution >= 4 is 5.91 Å². The van der Waals surface area contributed by atoms with Crippen LogP contribution in [-0.2, 0) is 6.18 Å². The Morgan fingerprint density at radius 3 is 2.42 bits per heavy atom. The molecule has 0 fully saturated rings. The van der Waals surface area contributed by atoms with Gasteiger partial charge in [0.25, 0.3) is 5.91 Å². The molecule has 1 heterocycles. The smallest absolute Gasteiger partial charge is 0.431 e. The number of amides is 1. The maximum absolute atomic E-state index is 12.4. The fourth-order valence-corrected chi connectivity index (χ4v) is 1.48. The summed E-state index contributed by atoms with van der Waals surface area (Å²) in [6, 6.07) is 7.99. The molecular weight excluding hydrogens is 261 g/mol. The van der Waals surface area contributed by atoms with Crippen molar-refractivity contribution in [3.63, 3.8) is 0 Å². The Kier molecular flexibility index (Phi) is 3.20. The summed E-state index contributed by atoms with van der Waals surface area (Å²) in [7, 11) is 0. The molecule has 0 aliphatic heterocycles. The van der Waals surface area contributed by atoms with Gasteiger partial charge in [-0.25, -0.2) is 0 Å². The zero-order chi connectivity index (χ0) is 14.0. The summed E-state index contributed by atoms with van der Waals surface area (Å²) in [5, 5.41) is 0. The summed E-state index contributed by atoms with van der Waals surface area (Å²) >= 11 is 0. The largest absolute Gasteiger partial charge is 0.440 e. The molecule has 19 heavy (non-hydrogen) atoms. The predicted molar refractivity (Wildman–Crippen MR) is 60.8 cm³/mol. The number of H-pyrrole nitrogens is 1. The van der Waals surface area contributed by atoms with Crippen molar-refractivity contribution in [2.24, 2.45) is 5.73 Å². The minimum Gasteiger partial charge on any atom is -0.440 e. The van der Waals surface area contributed by atoms with Gasteiger partial charge in [0.05, 0.1) is 5.56 Å². The highest BCUT2D eigenvalue weighted by Gasteiger charge is 2.32. The van der Waals surface area contributed by atoms with E-state index < -0.39 is 17.8 Å². The van der Waals surface area contributed by atoms with Crippen molar-refractivity contribution in [3.8, 4) is 11.6 Å². The minimum atomic E-state index is -4.48. The molecule has 0 saturated carbocycles. The van der Waals surface area contributed by atoms with E-state index in [0.717, 1.165) is 12.1 Å². The van der Waals surface area contributed by atoms with Gasteiger partial charge in [-0.3, -0.25) is 4.79 Å². The van der Waals surface area contributed by atoms with Crippen molar-refractivity contribution in [2.75, 3.05) is 0 Å². The van der Waals surface area contributed by atoms with Crippen LogP contribution in [0.25, 0.3) is 0 Å². The second-order valence-electron chi connectivity index (χ2n) is 3.70. The van der Waals surface area contributed by atoms with E-state index in [4.69, 9.17) is 10.5 Å². The lowest BCUT2D eigenvalue weighted by Gasteiger charge is -2.07. The predicted octanol–water partition coefficient (Wildman–Crippen LogP) is 2.92. The highest BCUT2D eigenvalue weighted by Crippen LogP contribution is 2.31. The summed E-state index contributed by atoms with van der Waals surface area (Å²) in [6.07, 6.45) is -4.48. The number of ether oxygens (including phenoxy) is 1. The number of halogens is 3. The molecule has 1 amide bonds. The minimum absolute atomic E-state index is 0.0885. The Labute approximate surface area is 106 Å². The number of aromatic amines is 1. The van der Waals surface area contributed by atoms with Gasteiger partial charge in [0.2, 0.25) is 0 Å². The van der Waals surface area contributed by atoms with Gasteiger partial charge >= 0.3 is 6.18 Å². The number of hydrogen-bond donors (Lipinski definition) is 2. The number of nitrogens with two attached hydrogens (primary N) is 1. The number of carbonyl (C=O) groups excluding carboxylic acids is 1. The number of hydrogen-bond acceptors (Lipinski definition) is 2. The van der Waals surface area contributed by atoms with E-state index in [9.17, 15) is 18.0 Å². The van der Waals surface area contributed by atoms with Gasteiger partial charge in [0.15, 0.2) is 5.88 Å². The highest BCUT2D eigenvalue weighted by atomic mass is 19.4. The number of benzene rings is 1. The van der Waals surface area contributed by atoms with Gasteiger partial charge in [-0.1, -0.05) is 12.1 Å². The van der Waals surface area contributed by atoms with E-state index >= 15 is 0 Å². The number of nitrogens with one attached hydrogen (secondary N) is 1. The van der Waals surface area contributed by atoms with Crippen LogP contribution in [0.2, 0.25) is 0 Å². The maximum atomic E-state index is 12.4. The van der Waals surface area contributed by atoms with E-state index in [1.165, 1.54) is 12.1 Å². The number of primary amides is 1. The molecule has 1 aromatic carbocycles. The number of rotatable bonds is 3. The fraction of sp³-hybridized carbons (Fsp3) is 0.0833. The average Bonchev–Trinajstić information content (AvgIpc) is 2.77. The Morgan fingerprint density at radius 2 is 1.84 bits per heavy atom. The van der Waals surface area contributed by atoms with Crippen molar-refractivity contribution in [3.05, 3.63) is 47.7 Å². The molecule has 3 N–H and O–H groups in total. The maximum Gasteiger partial charge on any atom is 0.431 e. The monoisotopic (exact) mass is 270 g/mol. The molecule has 0 bridgehead atoms. The second-order valence-corrected chi connectivity index (χ2v) is 3.70. The summed E-state index contributed by atoms with van der Waals surface area (Å²) in [6.45, 7) is 0. The number of para-hydroxylation sites is 1. The van der Waals surface area contributed by atoms with Gasteiger partial charge in [-0.05, 0) is 18.2 Å². The first kappa shape index (κ1) is 13.0. The molecule has 1 aromatic heterocycles. The van der Waals surface area contributed by atoms with Gasteiger partial charge in [-0.15, -0.1) is 0 Å². The molecule has 0 saturated heterocycles. The van der Waals surface area contributed by atoms with Gasteiger partial charge in [0.1, 0.15) is 11.4 Å². The average molecular weight is 270 g/mol. The summed E-state index contributed by atoms with van der Waals surface area (Å²) in [5.41, 5.74) is 4.29. The van der Waals surface area contributed by atoms with E-state index in [1.54, 1.807) is 12.1 Å². The molecule has 2 aromatic rings.